The average Bonchev–Trinajstić information content (AvgIpc) is 2.23. The number of nitriles is 1. The first-order chi connectivity index (χ1) is 7.60. The van der Waals surface area contributed by atoms with Gasteiger partial charge in [0.1, 0.15) is 17.4 Å². The smallest absolute Gasteiger partial charge is 0.310 e. The third-order valence-electron chi connectivity index (χ3n) is 1.92. The molecule has 0 bridgehead atoms. The van der Waals surface area contributed by atoms with Gasteiger partial charge in [-0.1, -0.05) is 17.7 Å². The fourth-order valence-corrected chi connectivity index (χ4v) is 1.39. The third-order valence-corrected chi connectivity index (χ3v) is 2.24. The summed E-state index contributed by atoms with van der Waals surface area (Å²) in [5.41, 5.74) is -0.136. The van der Waals surface area contributed by atoms with E-state index in [2.05, 4.69) is 4.74 Å². The second kappa shape index (κ2) is 5.47. The molecule has 0 radical (unpaired) electrons. The van der Waals surface area contributed by atoms with Crippen molar-refractivity contribution in [2.45, 2.75) is 13.3 Å². The monoisotopic (exact) mass is 241 g/mol. The number of hydrogen-bond acceptors (Lipinski definition) is 3. The number of hydrogen-bond donors (Lipinski definition) is 0. The molecule has 0 aliphatic carbocycles. The van der Waals surface area contributed by atoms with E-state index in [1.54, 1.807) is 13.0 Å². The van der Waals surface area contributed by atoms with E-state index >= 15 is 0 Å². The van der Waals surface area contributed by atoms with E-state index in [-0.39, 0.29) is 29.2 Å². The summed E-state index contributed by atoms with van der Waals surface area (Å²) in [5.74, 6) is -1.30. The Hall–Kier alpha value is -1.60. The number of rotatable bonds is 3. The van der Waals surface area contributed by atoms with Crippen molar-refractivity contribution >= 4 is 17.6 Å². The lowest BCUT2D eigenvalue weighted by molar-refractivity contribution is -0.142. The van der Waals surface area contributed by atoms with Crippen LogP contribution in [0.4, 0.5) is 4.39 Å². The van der Waals surface area contributed by atoms with Gasteiger partial charge in [0, 0.05) is 5.56 Å². The molecule has 0 unspecified atom stereocenters. The van der Waals surface area contributed by atoms with Gasteiger partial charge in [0.05, 0.1) is 18.1 Å². The summed E-state index contributed by atoms with van der Waals surface area (Å²) in [5, 5.41) is 8.71. The van der Waals surface area contributed by atoms with E-state index in [1.807, 2.05) is 0 Å². The Labute approximate surface area is 97.4 Å². The van der Waals surface area contributed by atoms with E-state index in [0.29, 0.717) is 0 Å². The highest BCUT2D eigenvalue weighted by atomic mass is 35.5. The second-order valence-corrected chi connectivity index (χ2v) is 3.40. The fraction of sp³-hybridized carbons (Fsp3) is 0.273. The first-order valence-electron chi connectivity index (χ1n) is 4.62. The predicted molar refractivity (Wildman–Crippen MR) is 56.5 cm³/mol. The molecule has 0 spiro atoms. The molecule has 0 amide bonds. The van der Waals surface area contributed by atoms with Crippen LogP contribution < -0.4 is 0 Å². The van der Waals surface area contributed by atoms with Gasteiger partial charge in [0.25, 0.3) is 0 Å². The number of nitrogens with zero attached hydrogens (tertiary/aromatic N) is 1. The first-order valence-corrected chi connectivity index (χ1v) is 5.00. The first kappa shape index (κ1) is 12.5. The Bertz CT molecular complexity index is 454. The van der Waals surface area contributed by atoms with Crippen molar-refractivity contribution in [3.05, 3.63) is 34.1 Å². The Morgan fingerprint density at radius 1 is 1.62 bits per heavy atom. The van der Waals surface area contributed by atoms with Gasteiger partial charge in [-0.25, -0.2) is 4.39 Å². The maximum atomic E-state index is 13.6. The molecule has 1 rings (SSSR count). The summed E-state index contributed by atoms with van der Waals surface area (Å²) in [6.45, 7) is 1.90. The Kier molecular flexibility index (Phi) is 4.27. The largest absolute Gasteiger partial charge is 0.466 e. The van der Waals surface area contributed by atoms with Crippen LogP contribution in [-0.2, 0) is 16.0 Å². The minimum Gasteiger partial charge on any atom is -0.466 e. The number of esters is 1. The van der Waals surface area contributed by atoms with E-state index in [0.717, 1.165) is 0 Å². The van der Waals surface area contributed by atoms with Crippen molar-refractivity contribution in [3.8, 4) is 6.07 Å². The molecule has 1 aromatic rings. The van der Waals surface area contributed by atoms with Gasteiger partial charge in [-0.2, -0.15) is 5.26 Å². The Balaban J connectivity index is 2.99. The van der Waals surface area contributed by atoms with Crippen molar-refractivity contribution in [1.29, 1.82) is 5.26 Å². The molecular formula is C11H9ClFNO2. The number of halogens is 2. The lowest BCUT2D eigenvalue weighted by atomic mass is 10.1. The zero-order valence-electron chi connectivity index (χ0n) is 8.59. The predicted octanol–water partition coefficient (Wildman–Crippen LogP) is 2.46. The van der Waals surface area contributed by atoms with Crippen LogP contribution >= 0.6 is 11.6 Å². The summed E-state index contributed by atoms with van der Waals surface area (Å²) >= 11 is 5.62. The summed E-state index contributed by atoms with van der Waals surface area (Å²) in [6, 6.07) is 4.41. The second-order valence-electron chi connectivity index (χ2n) is 2.99. The molecule has 0 heterocycles. The van der Waals surface area contributed by atoms with Crippen LogP contribution in [-0.4, -0.2) is 12.6 Å². The van der Waals surface area contributed by atoms with Gasteiger partial charge in [-0.3, -0.25) is 4.79 Å². The number of ether oxygens (including phenoxy) is 1. The normalized spacial score (nSPS) is 9.62. The maximum absolute atomic E-state index is 13.6. The van der Waals surface area contributed by atoms with Crippen LogP contribution in [0.2, 0.25) is 5.02 Å². The van der Waals surface area contributed by atoms with E-state index in [9.17, 15) is 9.18 Å². The summed E-state index contributed by atoms with van der Waals surface area (Å²) in [4.78, 5) is 11.1. The molecule has 16 heavy (non-hydrogen) atoms. The summed E-state index contributed by atoms with van der Waals surface area (Å²) in [7, 11) is 0. The van der Waals surface area contributed by atoms with E-state index in [4.69, 9.17) is 16.9 Å². The van der Waals surface area contributed by atoms with Crippen molar-refractivity contribution in [1.82, 2.24) is 0 Å². The van der Waals surface area contributed by atoms with E-state index < -0.39 is 11.8 Å². The summed E-state index contributed by atoms with van der Waals surface area (Å²) in [6.07, 6.45) is -0.203. The minimum absolute atomic E-state index is 0.0348. The van der Waals surface area contributed by atoms with Gasteiger partial charge in [-0.05, 0) is 13.0 Å². The lowest BCUT2D eigenvalue weighted by Gasteiger charge is -2.05. The standard InChI is InChI=1S/C11H9ClFNO2/c1-2-16-10(15)5-7-3-4-9(12)8(6-14)11(7)13/h3-4H,2,5H2,1H3. The molecule has 0 saturated carbocycles. The number of carbonyl (C=O) groups excluding carboxylic acids is 1. The van der Waals surface area contributed by atoms with Crippen LogP contribution in [0.3, 0.4) is 0 Å². The van der Waals surface area contributed by atoms with Crippen molar-refractivity contribution in [2.24, 2.45) is 0 Å². The highest BCUT2D eigenvalue weighted by Gasteiger charge is 2.14. The Morgan fingerprint density at radius 2 is 2.31 bits per heavy atom. The third kappa shape index (κ3) is 2.71. The highest BCUT2D eigenvalue weighted by Crippen LogP contribution is 2.21. The maximum Gasteiger partial charge on any atom is 0.310 e. The molecule has 1 aromatic carbocycles. The fourth-order valence-electron chi connectivity index (χ4n) is 1.20. The summed E-state index contributed by atoms with van der Waals surface area (Å²) < 4.78 is 18.3. The quantitative estimate of drug-likeness (QED) is 0.764. The molecule has 0 aliphatic heterocycles. The number of carbonyl (C=O) groups is 1. The lowest BCUT2D eigenvalue weighted by Crippen LogP contribution is -2.09. The zero-order chi connectivity index (χ0) is 12.1. The van der Waals surface area contributed by atoms with E-state index in [1.165, 1.54) is 12.1 Å². The van der Waals surface area contributed by atoms with Crippen LogP contribution in [0.5, 0.6) is 0 Å². The molecule has 0 aliphatic rings. The van der Waals surface area contributed by atoms with Gasteiger partial charge in [0.2, 0.25) is 0 Å². The molecule has 5 heteroatoms. The molecule has 84 valence electrons. The van der Waals surface area contributed by atoms with Crippen LogP contribution in [0.15, 0.2) is 12.1 Å². The van der Waals surface area contributed by atoms with Gasteiger partial charge < -0.3 is 4.74 Å². The molecular weight excluding hydrogens is 233 g/mol. The van der Waals surface area contributed by atoms with Gasteiger partial charge >= 0.3 is 5.97 Å². The Morgan fingerprint density at radius 3 is 2.88 bits per heavy atom. The van der Waals surface area contributed by atoms with Crippen LogP contribution in [0.1, 0.15) is 18.1 Å². The number of benzene rings is 1. The van der Waals surface area contributed by atoms with Crippen molar-refractivity contribution in [2.75, 3.05) is 6.61 Å². The zero-order valence-corrected chi connectivity index (χ0v) is 9.34. The molecule has 0 N–H and O–H groups in total. The molecule has 3 nitrogen and oxygen atoms in total. The van der Waals surface area contributed by atoms with Crippen molar-refractivity contribution in [3.63, 3.8) is 0 Å². The van der Waals surface area contributed by atoms with Gasteiger partial charge in [-0.15, -0.1) is 0 Å². The molecule has 0 atom stereocenters. The highest BCUT2D eigenvalue weighted by molar-refractivity contribution is 6.31. The molecule has 0 fully saturated rings. The average molecular weight is 242 g/mol. The van der Waals surface area contributed by atoms with Gasteiger partial charge in [0.15, 0.2) is 0 Å². The SMILES string of the molecule is CCOC(=O)Cc1ccc(Cl)c(C#N)c1F. The molecule has 0 saturated heterocycles. The minimum atomic E-state index is -0.761. The molecule has 0 aromatic heterocycles. The van der Waals surface area contributed by atoms with Crippen LogP contribution in [0.25, 0.3) is 0 Å². The topological polar surface area (TPSA) is 50.1 Å². The van der Waals surface area contributed by atoms with Crippen LogP contribution in [0, 0.1) is 17.1 Å². The van der Waals surface area contributed by atoms with Crippen molar-refractivity contribution < 1.29 is 13.9 Å².